The van der Waals surface area contributed by atoms with Crippen molar-refractivity contribution in [2.24, 2.45) is 5.10 Å². The van der Waals surface area contributed by atoms with Crippen LogP contribution in [-0.2, 0) is 4.74 Å². The van der Waals surface area contributed by atoms with E-state index in [2.05, 4.69) is 15.5 Å². The number of carbonyl (C=O) groups is 1. The lowest BCUT2D eigenvalue weighted by Gasteiger charge is -2.13. The molecule has 2 N–H and O–H groups in total. The Morgan fingerprint density at radius 2 is 2.00 bits per heavy atom. The van der Waals surface area contributed by atoms with Crippen LogP contribution in [0.4, 0.5) is 5.82 Å². The Kier molecular flexibility index (Phi) is 3.84. The molecule has 0 saturated heterocycles. The Hall–Kier alpha value is -3.09. The average molecular weight is 312 g/mol. The van der Waals surface area contributed by atoms with E-state index in [1.54, 1.807) is 18.3 Å². The maximum absolute atomic E-state index is 10.9. The summed E-state index contributed by atoms with van der Waals surface area (Å²) in [5, 5.41) is 13.1. The number of aromatic nitrogens is 1. The first-order chi connectivity index (χ1) is 11.0. The molecular weight excluding hydrogens is 296 g/mol. The highest BCUT2D eigenvalue weighted by Gasteiger charge is 2.23. The molecule has 2 aromatic rings. The largest absolute Gasteiger partial charge is 0.478 e. The number of carboxylic acid groups (broad SMARTS) is 1. The van der Waals surface area contributed by atoms with Gasteiger partial charge in [0.25, 0.3) is 0 Å². The van der Waals surface area contributed by atoms with Crippen LogP contribution in [-0.4, -0.2) is 36.1 Å². The molecule has 1 aliphatic heterocycles. The predicted octanol–water partition coefficient (Wildman–Crippen LogP) is 1.83. The first kappa shape index (κ1) is 14.8. The summed E-state index contributed by atoms with van der Waals surface area (Å²) in [6.07, 6.45) is 1.26. The average Bonchev–Trinajstić information content (AvgIpc) is 3.05. The highest BCUT2D eigenvalue weighted by molar-refractivity contribution is 5.95. The SMILES string of the molecule is CN(C)c1cc(C2=NNC(c3ccc(C(=O)O)cc3)O2)ccn1. The summed E-state index contributed by atoms with van der Waals surface area (Å²) >= 11 is 0. The highest BCUT2D eigenvalue weighted by Crippen LogP contribution is 2.23. The van der Waals surface area contributed by atoms with E-state index in [1.807, 2.05) is 31.1 Å². The van der Waals surface area contributed by atoms with Crippen molar-refractivity contribution in [1.29, 1.82) is 0 Å². The van der Waals surface area contributed by atoms with E-state index in [0.29, 0.717) is 5.90 Å². The maximum atomic E-state index is 10.9. The number of rotatable bonds is 4. The van der Waals surface area contributed by atoms with Crippen molar-refractivity contribution < 1.29 is 14.6 Å². The fraction of sp³-hybridized carbons (Fsp3) is 0.188. The van der Waals surface area contributed by atoms with Crippen LogP contribution in [0.25, 0.3) is 0 Å². The van der Waals surface area contributed by atoms with Gasteiger partial charge in [-0.25, -0.2) is 9.78 Å². The molecule has 0 fully saturated rings. The molecule has 1 aromatic carbocycles. The zero-order valence-corrected chi connectivity index (χ0v) is 12.7. The lowest BCUT2D eigenvalue weighted by atomic mass is 10.1. The van der Waals surface area contributed by atoms with Crippen molar-refractivity contribution in [2.45, 2.75) is 6.23 Å². The maximum Gasteiger partial charge on any atom is 0.335 e. The lowest BCUT2D eigenvalue weighted by molar-refractivity contribution is 0.0696. The molecule has 1 aliphatic rings. The van der Waals surface area contributed by atoms with Gasteiger partial charge in [0, 0.05) is 31.4 Å². The molecule has 7 heteroatoms. The van der Waals surface area contributed by atoms with E-state index >= 15 is 0 Å². The molecule has 7 nitrogen and oxygen atoms in total. The van der Waals surface area contributed by atoms with Crippen molar-refractivity contribution in [3.05, 3.63) is 59.3 Å². The van der Waals surface area contributed by atoms with Gasteiger partial charge in [-0.05, 0) is 24.3 Å². The van der Waals surface area contributed by atoms with Gasteiger partial charge in [0.1, 0.15) is 5.82 Å². The molecule has 2 heterocycles. The number of benzene rings is 1. The molecule has 3 rings (SSSR count). The summed E-state index contributed by atoms with van der Waals surface area (Å²) in [5.41, 5.74) is 4.76. The van der Waals surface area contributed by atoms with Crippen LogP contribution in [0.5, 0.6) is 0 Å². The van der Waals surface area contributed by atoms with Crippen molar-refractivity contribution in [3.63, 3.8) is 0 Å². The number of nitrogens with zero attached hydrogens (tertiary/aromatic N) is 3. The zero-order chi connectivity index (χ0) is 16.4. The number of hydrogen-bond acceptors (Lipinski definition) is 6. The summed E-state index contributed by atoms with van der Waals surface area (Å²) < 4.78 is 5.81. The van der Waals surface area contributed by atoms with E-state index in [1.165, 1.54) is 12.1 Å². The van der Waals surface area contributed by atoms with Gasteiger partial charge in [-0.2, -0.15) is 0 Å². The molecule has 0 amide bonds. The smallest absolute Gasteiger partial charge is 0.335 e. The van der Waals surface area contributed by atoms with Crippen LogP contribution in [0.1, 0.15) is 27.7 Å². The Labute approximate surface area is 133 Å². The second kappa shape index (κ2) is 5.96. The Balaban J connectivity index is 1.75. The number of hydrazone groups is 1. The minimum Gasteiger partial charge on any atom is -0.478 e. The van der Waals surface area contributed by atoms with Crippen LogP contribution in [0.15, 0.2) is 47.7 Å². The van der Waals surface area contributed by atoms with Crippen molar-refractivity contribution >= 4 is 17.7 Å². The van der Waals surface area contributed by atoms with Crippen LogP contribution in [0, 0.1) is 0 Å². The molecule has 118 valence electrons. The topological polar surface area (TPSA) is 87.1 Å². The third kappa shape index (κ3) is 3.08. The molecule has 0 bridgehead atoms. The Bertz CT molecular complexity index is 756. The molecule has 1 unspecified atom stereocenters. The zero-order valence-electron chi connectivity index (χ0n) is 12.7. The fourth-order valence-corrected chi connectivity index (χ4v) is 2.15. The third-order valence-electron chi connectivity index (χ3n) is 3.42. The van der Waals surface area contributed by atoms with Gasteiger partial charge in [0.15, 0.2) is 0 Å². The normalized spacial score (nSPS) is 16.3. The minimum absolute atomic E-state index is 0.234. The number of hydrogen-bond donors (Lipinski definition) is 2. The third-order valence-corrected chi connectivity index (χ3v) is 3.42. The van der Waals surface area contributed by atoms with Gasteiger partial charge in [-0.3, -0.25) is 5.43 Å². The van der Waals surface area contributed by atoms with Crippen LogP contribution >= 0.6 is 0 Å². The van der Waals surface area contributed by atoms with E-state index in [-0.39, 0.29) is 5.56 Å². The summed E-state index contributed by atoms with van der Waals surface area (Å²) in [4.78, 5) is 17.0. The number of nitrogens with one attached hydrogen (secondary N) is 1. The van der Waals surface area contributed by atoms with E-state index < -0.39 is 12.2 Å². The second-order valence-electron chi connectivity index (χ2n) is 5.27. The lowest BCUT2D eigenvalue weighted by Crippen LogP contribution is -2.14. The first-order valence-electron chi connectivity index (χ1n) is 7.01. The van der Waals surface area contributed by atoms with Gasteiger partial charge >= 0.3 is 5.97 Å². The number of anilines is 1. The monoisotopic (exact) mass is 312 g/mol. The standard InChI is InChI=1S/C16H16N4O3/c1-20(2)13-9-12(7-8-17-13)15-19-18-14(23-15)10-3-5-11(6-4-10)16(21)22/h3-9,14,18H,1-2H3,(H,21,22). The van der Waals surface area contributed by atoms with Crippen molar-refractivity contribution in [3.8, 4) is 0 Å². The van der Waals surface area contributed by atoms with Gasteiger partial charge in [-0.1, -0.05) is 12.1 Å². The molecular formula is C16H16N4O3. The molecule has 1 atom stereocenters. The molecule has 0 aliphatic carbocycles. The quantitative estimate of drug-likeness (QED) is 0.895. The molecule has 1 aromatic heterocycles. The summed E-state index contributed by atoms with van der Waals surface area (Å²) in [6, 6.07) is 10.2. The van der Waals surface area contributed by atoms with E-state index in [4.69, 9.17) is 9.84 Å². The van der Waals surface area contributed by atoms with Crippen LogP contribution < -0.4 is 10.3 Å². The Morgan fingerprint density at radius 3 is 2.65 bits per heavy atom. The summed E-state index contributed by atoms with van der Waals surface area (Å²) in [6.45, 7) is 0. The number of carboxylic acids is 1. The van der Waals surface area contributed by atoms with Crippen LogP contribution in [0.3, 0.4) is 0 Å². The summed E-state index contributed by atoms with van der Waals surface area (Å²) in [7, 11) is 3.82. The number of pyridine rings is 1. The predicted molar refractivity (Wildman–Crippen MR) is 85.5 cm³/mol. The molecule has 0 spiro atoms. The Morgan fingerprint density at radius 1 is 1.26 bits per heavy atom. The van der Waals surface area contributed by atoms with E-state index in [9.17, 15) is 4.79 Å². The van der Waals surface area contributed by atoms with Crippen molar-refractivity contribution in [1.82, 2.24) is 10.4 Å². The second-order valence-corrected chi connectivity index (χ2v) is 5.27. The van der Waals surface area contributed by atoms with Crippen LogP contribution in [0.2, 0.25) is 0 Å². The molecule has 23 heavy (non-hydrogen) atoms. The van der Waals surface area contributed by atoms with Gasteiger partial charge in [-0.15, -0.1) is 5.10 Å². The molecule has 0 saturated carbocycles. The van der Waals surface area contributed by atoms with E-state index in [0.717, 1.165) is 16.9 Å². The minimum atomic E-state index is -0.957. The van der Waals surface area contributed by atoms with Gasteiger partial charge in [0.2, 0.25) is 12.1 Å². The summed E-state index contributed by atoms with van der Waals surface area (Å²) in [5.74, 6) is 0.327. The van der Waals surface area contributed by atoms with Gasteiger partial charge < -0.3 is 14.7 Å². The number of ether oxygens (including phenoxy) is 1. The van der Waals surface area contributed by atoms with Gasteiger partial charge in [0.05, 0.1) is 5.56 Å². The first-order valence-corrected chi connectivity index (χ1v) is 7.01. The fourth-order valence-electron chi connectivity index (χ4n) is 2.15. The number of aromatic carboxylic acids is 1. The molecule has 0 radical (unpaired) electrons. The van der Waals surface area contributed by atoms with Crippen molar-refractivity contribution in [2.75, 3.05) is 19.0 Å². The highest BCUT2D eigenvalue weighted by atomic mass is 16.5.